The molecule has 1 amide bonds. The minimum Gasteiger partial charge on any atom is -0.493 e. The van der Waals surface area contributed by atoms with Crippen LogP contribution in [-0.2, 0) is 9.59 Å². The highest BCUT2D eigenvalue weighted by molar-refractivity contribution is 5.86. The van der Waals surface area contributed by atoms with Crippen molar-refractivity contribution in [2.24, 2.45) is 5.92 Å². The molecule has 5 heteroatoms. The molecule has 5 nitrogen and oxygen atoms in total. The van der Waals surface area contributed by atoms with E-state index in [0.29, 0.717) is 19.6 Å². The van der Waals surface area contributed by atoms with Gasteiger partial charge in [-0.15, -0.1) is 0 Å². The van der Waals surface area contributed by atoms with E-state index in [0.717, 1.165) is 24.2 Å². The lowest BCUT2D eigenvalue weighted by Crippen LogP contribution is -2.42. The number of carbonyl (C=O) groups excluding carboxylic acids is 1. The summed E-state index contributed by atoms with van der Waals surface area (Å²) >= 11 is 0. The van der Waals surface area contributed by atoms with E-state index in [1.165, 1.54) is 0 Å². The van der Waals surface area contributed by atoms with E-state index in [-0.39, 0.29) is 17.9 Å². The third-order valence-electron chi connectivity index (χ3n) is 4.42. The Morgan fingerprint density at radius 1 is 1.32 bits per heavy atom. The smallest absolute Gasteiger partial charge is 0.308 e. The monoisotopic (exact) mass is 303 g/mol. The molecule has 0 saturated heterocycles. The maximum Gasteiger partial charge on any atom is 0.308 e. The Hall–Kier alpha value is -2.04. The topological polar surface area (TPSA) is 66.8 Å². The second-order valence-electron chi connectivity index (χ2n) is 6.19. The molecule has 1 aromatic carbocycles. The molecule has 0 unspecified atom stereocenters. The standard InChI is InChI=1S/C17H21NO4/c1-11(17(20)21)10-18(12-6-7-12)16(19)14-8-9-22-15-5-3-2-4-13(14)15/h2-5,11-12,14H,6-10H2,1H3,(H,20,21)/t11-,14+/m1/s1. The maximum absolute atomic E-state index is 13.0. The van der Waals surface area contributed by atoms with Crippen LogP contribution in [0.2, 0.25) is 0 Å². The van der Waals surface area contributed by atoms with Crippen molar-refractivity contribution >= 4 is 11.9 Å². The Kier molecular flexibility index (Phi) is 4.05. The van der Waals surface area contributed by atoms with Crippen LogP contribution < -0.4 is 4.74 Å². The predicted octanol–water partition coefficient (Wildman–Crippen LogP) is 2.26. The Morgan fingerprint density at radius 2 is 2.05 bits per heavy atom. The molecule has 0 bridgehead atoms. The second kappa shape index (κ2) is 5.99. The maximum atomic E-state index is 13.0. The molecule has 3 rings (SSSR count). The lowest BCUT2D eigenvalue weighted by Gasteiger charge is -2.32. The van der Waals surface area contributed by atoms with E-state index in [1.807, 2.05) is 24.3 Å². The van der Waals surface area contributed by atoms with Crippen LogP contribution in [0.5, 0.6) is 5.75 Å². The number of carbonyl (C=O) groups is 2. The Bertz CT molecular complexity index is 582. The Labute approximate surface area is 129 Å². The van der Waals surface area contributed by atoms with E-state index < -0.39 is 11.9 Å². The molecule has 22 heavy (non-hydrogen) atoms. The summed E-state index contributed by atoms with van der Waals surface area (Å²) < 4.78 is 5.61. The number of carboxylic acid groups (broad SMARTS) is 1. The van der Waals surface area contributed by atoms with E-state index in [4.69, 9.17) is 9.84 Å². The average molecular weight is 303 g/mol. The average Bonchev–Trinajstić information content (AvgIpc) is 3.35. The van der Waals surface area contributed by atoms with Crippen LogP contribution in [0.15, 0.2) is 24.3 Å². The molecule has 1 saturated carbocycles. The number of hydrogen-bond acceptors (Lipinski definition) is 3. The van der Waals surface area contributed by atoms with Crippen molar-refractivity contribution in [1.82, 2.24) is 4.90 Å². The van der Waals surface area contributed by atoms with Crippen molar-refractivity contribution in [3.63, 3.8) is 0 Å². The number of aliphatic carboxylic acids is 1. The highest BCUT2D eigenvalue weighted by Gasteiger charge is 2.39. The van der Waals surface area contributed by atoms with Gasteiger partial charge < -0.3 is 14.7 Å². The van der Waals surface area contributed by atoms with E-state index in [1.54, 1.807) is 11.8 Å². The van der Waals surface area contributed by atoms with Gasteiger partial charge in [-0.2, -0.15) is 0 Å². The van der Waals surface area contributed by atoms with Gasteiger partial charge in [-0.05, 0) is 25.3 Å². The van der Waals surface area contributed by atoms with Crippen LogP contribution in [0.4, 0.5) is 0 Å². The molecular formula is C17H21NO4. The number of nitrogens with zero attached hydrogens (tertiary/aromatic N) is 1. The number of benzene rings is 1. The molecule has 0 aromatic heterocycles. The molecule has 0 spiro atoms. The first-order chi connectivity index (χ1) is 10.6. The van der Waals surface area contributed by atoms with E-state index >= 15 is 0 Å². The molecule has 2 aliphatic rings. The predicted molar refractivity (Wildman–Crippen MR) is 80.8 cm³/mol. The molecule has 1 heterocycles. The minimum absolute atomic E-state index is 0.0475. The normalized spacial score (nSPS) is 21.4. The van der Waals surface area contributed by atoms with Crippen LogP contribution in [0, 0.1) is 5.92 Å². The molecule has 1 aromatic rings. The number of ether oxygens (including phenoxy) is 1. The zero-order valence-corrected chi connectivity index (χ0v) is 12.7. The third kappa shape index (κ3) is 2.93. The Balaban J connectivity index is 1.81. The number of rotatable bonds is 5. The molecule has 1 fully saturated rings. The number of amides is 1. The molecule has 118 valence electrons. The van der Waals surface area contributed by atoms with Crippen molar-refractivity contribution in [2.75, 3.05) is 13.2 Å². The third-order valence-corrected chi connectivity index (χ3v) is 4.42. The molecule has 2 atom stereocenters. The van der Waals surface area contributed by atoms with Gasteiger partial charge >= 0.3 is 5.97 Å². The fourth-order valence-electron chi connectivity index (χ4n) is 2.98. The summed E-state index contributed by atoms with van der Waals surface area (Å²) in [5.41, 5.74) is 0.923. The van der Waals surface area contributed by atoms with E-state index in [2.05, 4.69) is 0 Å². The summed E-state index contributed by atoms with van der Waals surface area (Å²) in [6.07, 6.45) is 2.60. The zero-order valence-electron chi connectivity index (χ0n) is 12.7. The molecule has 1 N–H and O–H groups in total. The zero-order chi connectivity index (χ0) is 15.7. The van der Waals surface area contributed by atoms with Crippen molar-refractivity contribution in [3.8, 4) is 5.75 Å². The highest BCUT2D eigenvalue weighted by atomic mass is 16.5. The summed E-state index contributed by atoms with van der Waals surface area (Å²) in [5, 5.41) is 9.13. The van der Waals surface area contributed by atoms with Crippen LogP contribution >= 0.6 is 0 Å². The molecule has 1 aliphatic carbocycles. The quantitative estimate of drug-likeness (QED) is 0.906. The summed E-state index contributed by atoms with van der Waals surface area (Å²) in [6.45, 7) is 2.47. The van der Waals surface area contributed by atoms with Crippen LogP contribution in [0.25, 0.3) is 0 Å². The number of carboxylic acids is 1. The number of para-hydroxylation sites is 1. The first kappa shape index (κ1) is 14.9. The van der Waals surface area contributed by atoms with Crippen LogP contribution in [0.3, 0.4) is 0 Å². The first-order valence-electron chi connectivity index (χ1n) is 7.83. The van der Waals surface area contributed by atoms with E-state index in [9.17, 15) is 9.59 Å². The number of fused-ring (bicyclic) bond motifs is 1. The van der Waals surface area contributed by atoms with Crippen molar-refractivity contribution < 1.29 is 19.4 Å². The molecule has 1 aliphatic heterocycles. The fraction of sp³-hybridized carbons (Fsp3) is 0.529. The Morgan fingerprint density at radius 3 is 2.73 bits per heavy atom. The largest absolute Gasteiger partial charge is 0.493 e. The van der Waals surface area contributed by atoms with Crippen molar-refractivity contribution in [2.45, 2.75) is 38.1 Å². The summed E-state index contributed by atoms with van der Waals surface area (Å²) in [5.74, 6) is -0.794. The second-order valence-corrected chi connectivity index (χ2v) is 6.19. The van der Waals surface area contributed by atoms with Crippen molar-refractivity contribution in [1.29, 1.82) is 0 Å². The first-order valence-corrected chi connectivity index (χ1v) is 7.83. The van der Waals surface area contributed by atoms with Gasteiger partial charge in [-0.3, -0.25) is 9.59 Å². The highest BCUT2D eigenvalue weighted by Crippen LogP contribution is 2.37. The molecule has 0 radical (unpaired) electrons. The summed E-state index contributed by atoms with van der Waals surface area (Å²) in [7, 11) is 0. The van der Waals surface area contributed by atoms with Gasteiger partial charge in [-0.1, -0.05) is 25.1 Å². The minimum atomic E-state index is -0.856. The summed E-state index contributed by atoms with van der Waals surface area (Å²) in [6, 6.07) is 7.84. The van der Waals surface area contributed by atoms with Gasteiger partial charge in [0.15, 0.2) is 0 Å². The van der Waals surface area contributed by atoms with Gasteiger partial charge in [0.25, 0.3) is 0 Å². The lowest BCUT2D eigenvalue weighted by atomic mass is 9.91. The van der Waals surface area contributed by atoms with Gasteiger partial charge in [-0.25, -0.2) is 0 Å². The molecular weight excluding hydrogens is 282 g/mol. The van der Waals surface area contributed by atoms with Crippen LogP contribution in [-0.4, -0.2) is 41.1 Å². The van der Waals surface area contributed by atoms with Crippen LogP contribution in [0.1, 0.15) is 37.7 Å². The number of hydrogen-bond donors (Lipinski definition) is 1. The van der Waals surface area contributed by atoms with Gasteiger partial charge in [0.05, 0.1) is 18.4 Å². The SMILES string of the molecule is C[C@H](CN(C(=O)[C@H]1CCOc2ccccc21)C1CC1)C(=O)O. The van der Waals surface area contributed by atoms with Gasteiger partial charge in [0, 0.05) is 18.2 Å². The van der Waals surface area contributed by atoms with Gasteiger partial charge in [0.1, 0.15) is 5.75 Å². The summed E-state index contributed by atoms with van der Waals surface area (Å²) in [4.78, 5) is 25.9. The lowest BCUT2D eigenvalue weighted by molar-refractivity contribution is -0.143. The fourth-order valence-corrected chi connectivity index (χ4v) is 2.98. The van der Waals surface area contributed by atoms with Crippen molar-refractivity contribution in [3.05, 3.63) is 29.8 Å². The van der Waals surface area contributed by atoms with Gasteiger partial charge in [0.2, 0.25) is 5.91 Å².